The molecule has 3 rings (SSSR count). The smallest absolute Gasteiger partial charge is 0.276 e. The van der Waals surface area contributed by atoms with Crippen molar-refractivity contribution in [3.63, 3.8) is 0 Å². The second-order valence-corrected chi connectivity index (χ2v) is 6.19. The van der Waals surface area contributed by atoms with E-state index in [0.29, 0.717) is 13.1 Å². The number of nitrogens with zero attached hydrogens (tertiary/aromatic N) is 5. The molecule has 0 N–H and O–H groups in total. The standard InChI is InChI=1S/C14H19F2N5O2/c1-10(22)21-9-14(15,16)6-11(21)7-20-8-12(17-18-20)13(23)19-4-2-3-5-19/h8,11H,2-7,9H2,1H3/t11-/m0/s1. The van der Waals surface area contributed by atoms with Crippen molar-refractivity contribution in [3.05, 3.63) is 11.9 Å². The molecule has 9 heteroatoms. The summed E-state index contributed by atoms with van der Waals surface area (Å²) < 4.78 is 28.5. The van der Waals surface area contributed by atoms with E-state index in [1.54, 1.807) is 4.90 Å². The van der Waals surface area contributed by atoms with Crippen LogP contribution in [-0.4, -0.2) is 68.2 Å². The van der Waals surface area contributed by atoms with Crippen LogP contribution in [0.15, 0.2) is 6.20 Å². The van der Waals surface area contributed by atoms with Gasteiger partial charge in [-0.2, -0.15) is 0 Å². The first-order chi connectivity index (χ1) is 10.9. The molecule has 126 valence electrons. The lowest BCUT2D eigenvalue weighted by Crippen LogP contribution is -2.37. The second kappa shape index (κ2) is 5.86. The highest BCUT2D eigenvalue weighted by molar-refractivity contribution is 5.92. The van der Waals surface area contributed by atoms with Crippen LogP contribution in [-0.2, 0) is 11.3 Å². The maximum Gasteiger partial charge on any atom is 0.276 e. The molecular formula is C14H19F2N5O2. The summed E-state index contributed by atoms with van der Waals surface area (Å²) in [4.78, 5) is 26.6. The molecule has 0 aromatic carbocycles. The van der Waals surface area contributed by atoms with Crippen molar-refractivity contribution in [1.82, 2.24) is 24.8 Å². The Bertz CT molecular complexity index is 612. The monoisotopic (exact) mass is 327 g/mol. The molecular weight excluding hydrogens is 308 g/mol. The van der Waals surface area contributed by atoms with Crippen LogP contribution in [0.1, 0.15) is 36.7 Å². The summed E-state index contributed by atoms with van der Waals surface area (Å²) in [5.41, 5.74) is 0.214. The summed E-state index contributed by atoms with van der Waals surface area (Å²) in [6.07, 6.45) is 3.02. The van der Waals surface area contributed by atoms with E-state index in [2.05, 4.69) is 10.3 Å². The molecule has 0 unspecified atom stereocenters. The van der Waals surface area contributed by atoms with Gasteiger partial charge in [0.1, 0.15) is 0 Å². The first-order valence-corrected chi connectivity index (χ1v) is 7.70. The molecule has 2 amide bonds. The molecule has 2 fully saturated rings. The normalized spacial score (nSPS) is 23.5. The summed E-state index contributed by atoms with van der Waals surface area (Å²) >= 11 is 0. The molecule has 7 nitrogen and oxygen atoms in total. The molecule has 2 aliphatic rings. The topological polar surface area (TPSA) is 71.3 Å². The molecule has 0 spiro atoms. The van der Waals surface area contributed by atoms with E-state index < -0.39 is 24.9 Å². The van der Waals surface area contributed by atoms with Crippen molar-refractivity contribution in [2.45, 2.75) is 44.7 Å². The third-order valence-corrected chi connectivity index (χ3v) is 4.33. The molecule has 1 aromatic rings. The van der Waals surface area contributed by atoms with Crippen molar-refractivity contribution in [2.75, 3.05) is 19.6 Å². The van der Waals surface area contributed by atoms with Gasteiger partial charge in [-0.3, -0.25) is 9.59 Å². The van der Waals surface area contributed by atoms with E-state index in [1.807, 2.05) is 0 Å². The van der Waals surface area contributed by atoms with E-state index in [4.69, 9.17) is 0 Å². The van der Waals surface area contributed by atoms with E-state index in [-0.39, 0.29) is 24.1 Å². The number of carbonyl (C=O) groups is 2. The number of hydrogen-bond acceptors (Lipinski definition) is 4. The fraction of sp³-hybridized carbons (Fsp3) is 0.714. The van der Waals surface area contributed by atoms with Crippen LogP contribution in [0.3, 0.4) is 0 Å². The van der Waals surface area contributed by atoms with E-state index in [9.17, 15) is 18.4 Å². The molecule has 2 saturated heterocycles. The lowest BCUT2D eigenvalue weighted by atomic mass is 10.2. The number of aromatic nitrogens is 3. The number of hydrogen-bond donors (Lipinski definition) is 0. The molecule has 0 radical (unpaired) electrons. The average Bonchev–Trinajstić information content (AvgIpc) is 3.18. The van der Waals surface area contributed by atoms with E-state index in [1.165, 1.54) is 17.8 Å². The van der Waals surface area contributed by atoms with Crippen molar-refractivity contribution < 1.29 is 18.4 Å². The number of rotatable bonds is 3. The summed E-state index contributed by atoms with van der Waals surface area (Å²) in [5, 5.41) is 7.69. The van der Waals surface area contributed by atoms with Crippen LogP contribution < -0.4 is 0 Å². The maximum absolute atomic E-state index is 13.5. The minimum absolute atomic E-state index is 0.107. The van der Waals surface area contributed by atoms with Gasteiger partial charge in [0.15, 0.2) is 5.69 Å². The van der Waals surface area contributed by atoms with Crippen LogP contribution in [0, 0.1) is 0 Å². The Labute approximate surface area is 132 Å². The Kier molecular flexibility index (Phi) is 4.03. The lowest BCUT2D eigenvalue weighted by molar-refractivity contribution is -0.131. The Morgan fingerprint density at radius 1 is 1.35 bits per heavy atom. The van der Waals surface area contributed by atoms with Gasteiger partial charge in [0, 0.05) is 26.4 Å². The van der Waals surface area contributed by atoms with Crippen molar-refractivity contribution >= 4 is 11.8 Å². The largest absolute Gasteiger partial charge is 0.337 e. The van der Waals surface area contributed by atoms with Crippen molar-refractivity contribution in [3.8, 4) is 0 Å². The predicted octanol–water partition coefficient (Wildman–Crippen LogP) is 0.770. The molecule has 1 atom stereocenters. The molecule has 3 heterocycles. The Morgan fingerprint density at radius 2 is 2.04 bits per heavy atom. The van der Waals surface area contributed by atoms with Gasteiger partial charge in [0.25, 0.3) is 11.8 Å². The van der Waals surface area contributed by atoms with E-state index >= 15 is 0 Å². The zero-order chi connectivity index (χ0) is 16.6. The van der Waals surface area contributed by atoms with Gasteiger partial charge in [-0.05, 0) is 12.8 Å². The highest BCUT2D eigenvalue weighted by Gasteiger charge is 2.46. The summed E-state index contributed by atoms with van der Waals surface area (Å²) in [6.45, 7) is 2.23. The Balaban J connectivity index is 1.68. The van der Waals surface area contributed by atoms with Gasteiger partial charge in [-0.1, -0.05) is 5.21 Å². The third kappa shape index (κ3) is 3.32. The van der Waals surface area contributed by atoms with Gasteiger partial charge < -0.3 is 9.80 Å². The number of halogens is 2. The average molecular weight is 327 g/mol. The van der Waals surface area contributed by atoms with Crippen LogP contribution >= 0.6 is 0 Å². The molecule has 0 saturated carbocycles. The first-order valence-electron chi connectivity index (χ1n) is 7.70. The maximum atomic E-state index is 13.5. The molecule has 0 aliphatic carbocycles. The molecule has 2 aliphatic heterocycles. The summed E-state index contributed by atoms with van der Waals surface area (Å²) in [5.74, 6) is -3.46. The predicted molar refractivity (Wildman–Crippen MR) is 75.9 cm³/mol. The quantitative estimate of drug-likeness (QED) is 0.822. The Hall–Kier alpha value is -2.06. The minimum Gasteiger partial charge on any atom is -0.337 e. The zero-order valence-electron chi connectivity index (χ0n) is 12.9. The number of likely N-dealkylation sites (tertiary alicyclic amines) is 2. The number of amides is 2. The zero-order valence-corrected chi connectivity index (χ0v) is 12.9. The molecule has 1 aromatic heterocycles. The van der Waals surface area contributed by atoms with Crippen LogP contribution in [0.4, 0.5) is 8.78 Å². The fourth-order valence-electron chi connectivity index (χ4n) is 3.21. The SMILES string of the molecule is CC(=O)N1CC(F)(F)C[C@H]1Cn1cc(C(=O)N2CCCC2)nn1. The van der Waals surface area contributed by atoms with Crippen LogP contribution in [0.2, 0.25) is 0 Å². The van der Waals surface area contributed by atoms with Crippen LogP contribution in [0.25, 0.3) is 0 Å². The highest BCUT2D eigenvalue weighted by Crippen LogP contribution is 2.32. The lowest BCUT2D eigenvalue weighted by Gasteiger charge is -2.21. The fourth-order valence-corrected chi connectivity index (χ4v) is 3.21. The first kappa shape index (κ1) is 15.8. The van der Waals surface area contributed by atoms with Gasteiger partial charge in [0.05, 0.1) is 25.3 Å². The minimum atomic E-state index is -2.88. The second-order valence-electron chi connectivity index (χ2n) is 6.19. The van der Waals surface area contributed by atoms with Crippen LogP contribution in [0.5, 0.6) is 0 Å². The van der Waals surface area contributed by atoms with Crippen molar-refractivity contribution in [1.29, 1.82) is 0 Å². The molecule has 0 bridgehead atoms. The van der Waals surface area contributed by atoms with Gasteiger partial charge >= 0.3 is 0 Å². The van der Waals surface area contributed by atoms with Gasteiger partial charge in [-0.25, -0.2) is 13.5 Å². The Morgan fingerprint density at radius 3 is 2.70 bits per heavy atom. The summed E-state index contributed by atoms with van der Waals surface area (Å²) in [7, 11) is 0. The number of alkyl halides is 2. The van der Waals surface area contributed by atoms with E-state index in [0.717, 1.165) is 17.7 Å². The highest BCUT2D eigenvalue weighted by atomic mass is 19.3. The molecule has 23 heavy (non-hydrogen) atoms. The van der Waals surface area contributed by atoms with Gasteiger partial charge in [-0.15, -0.1) is 5.10 Å². The van der Waals surface area contributed by atoms with Gasteiger partial charge in [0.2, 0.25) is 5.91 Å². The summed E-state index contributed by atoms with van der Waals surface area (Å²) in [6, 6.07) is -0.640. The van der Waals surface area contributed by atoms with Crippen molar-refractivity contribution in [2.24, 2.45) is 0 Å². The third-order valence-electron chi connectivity index (χ3n) is 4.33. The number of carbonyl (C=O) groups excluding carboxylic acids is 2.